The van der Waals surface area contributed by atoms with E-state index in [0.29, 0.717) is 42.3 Å². The van der Waals surface area contributed by atoms with Crippen LogP contribution in [0, 0.1) is 0 Å². The third-order valence-electron chi connectivity index (χ3n) is 8.45. The van der Waals surface area contributed by atoms with Crippen molar-refractivity contribution in [1.29, 1.82) is 0 Å². The van der Waals surface area contributed by atoms with Crippen molar-refractivity contribution in [3.05, 3.63) is 52.6 Å². The topological polar surface area (TPSA) is 70.0 Å². The molecule has 7 nitrogen and oxygen atoms in total. The molecule has 0 bridgehead atoms. The first-order valence-electron chi connectivity index (χ1n) is 14.8. The largest absolute Gasteiger partial charge is 0.493 e. The van der Waals surface area contributed by atoms with Crippen molar-refractivity contribution < 1.29 is 23.8 Å². The second-order valence-corrected chi connectivity index (χ2v) is 11.6. The summed E-state index contributed by atoms with van der Waals surface area (Å²) in [6.07, 6.45) is 7.40. The highest BCUT2D eigenvalue weighted by Gasteiger charge is 2.32. The fraction of sp³-hybridized carbons (Fsp3) is 0.471. The van der Waals surface area contributed by atoms with Gasteiger partial charge in [0.15, 0.2) is 11.5 Å². The predicted octanol–water partition coefficient (Wildman–Crippen LogP) is 6.85. The number of carbonyl (C=O) groups excluding carboxylic acids is 2. The maximum absolute atomic E-state index is 14.1. The number of hydrogen-bond acceptors (Lipinski definition) is 5. The zero-order valence-electron chi connectivity index (χ0n) is 25.2. The number of morpholine rings is 1. The zero-order chi connectivity index (χ0) is 29.3. The first-order valence-corrected chi connectivity index (χ1v) is 14.8. The molecule has 0 spiro atoms. The molecule has 1 amide bonds. The van der Waals surface area contributed by atoms with Crippen LogP contribution in [0.1, 0.15) is 80.8 Å². The van der Waals surface area contributed by atoms with E-state index in [1.54, 1.807) is 14.2 Å². The highest BCUT2D eigenvalue weighted by atomic mass is 16.5. The molecule has 3 heterocycles. The normalized spacial score (nSPS) is 19.2. The van der Waals surface area contributed by atoms with E-state index < -0.39 is 0 Å². The Labute approximate surface area is 243 Å². The lowest BCUT2D eigenvalue weighted by Crippen LogP contribution is -2.48. The second-order valence-electron chi connectivity index (χ2n) is 11.6. The van der Waals surface area contributed by atoms with Crippen molar-refractivity contribution in [2.45, 2.75) is 78.0 Å². The Bertz CT molecular complexity index is 1480. The molecule has 5 rings (SSSR count). The minimum Gasteiger partial charge on any atom is -0.493 e. The number of amides is 1. The molecule has 2 aromatic carbocycles. The molecule has 0 aliphatic carbocycles. The van der Waals surface area contributed by atoms with Gasteiger partial charge in [0.2, 0.25) is 0 Å². The Morgan fingerprint density at radius 1 is 1.07 bits per heavy atom. The van der Waals surface area contributed by atoms with Crippen LogP contribution in [0.5, 0.6) is 11.5 Å². The van der Waals surface area contributed by atoms with Gasteiger partial charge in [-0.1, -0.05) is 45.2 Å². The summed E-state index contributed by atoms with van der Waals surface area (Å²) in [5.41, 5.74) is 6.51. The van der Waals surface area contributed by atoms with Gasteiger partial charge in [-0.05, 0) is 61.6 Å². The zero-order valence-corrected chi connectivity index (χ0v) is 25.2. The number of hydrogen-bond donors (Lipinski definition) is 0. The number of aromatic nitrogens is 1. The van der Waals surface area contributed by atoms with Gasteiger partial charge in [-0.15, -0.1) is 0 Å². The van der Waals surface area contributed by atoms with Crippen LogP contribution >= 0.6 is 0 Å². The van der Waals surface area contributed by atoms with Gasteiger partial charge in [0.1, 0.15) is 6.29 Å². The van der Waals surface area contributed by atoms with Gasteiger partial charge in [0, 0.05) is 40.7 Å². The molecular formula is C34H42N2O5. The van der Waals surface area contributed by atoms with Gasteiger partial charge in [-0.25, -0.2) is 0 Å². The van der Waals surface area contributed by atoms with E-state index >= 15 is 0 Å². The van der Waals surface area contributed by atoms with Crippen molar-refractivity contribution in [1.82, 2.24) is 9.47 Å². The number of carbonyl (C=O) groups is 2. The van der Waals surface area contributed by atoms with E-state index in [-0.39, 0.29) is 24.0 Å². The van der Waals surface area contributed by atoms with Gasteiger partial charge in [-0.2, -0.15) is 0 Å². The maximum atomic E-state index is 14.1. The molecule has 1 saturated heterocycles. The maximum Gasteiger partial charge on any atom is 0.251 e. The molecule has 41 heavy (non-hydrogen) atoms. The summed E-state index contributed by atoms with van der Waals surface area (Å²) in [5, 5.41) is 1.12. The quantitative estimate of drug-likeness (QED) is 0.212. The Kier molecular flexibility index (Phi) is 8.55. The molecule has 0 saturated carbocycles. The van der Waals surface area contributed by atoms with E-state index in [9.17, 15) is 9.59 Å². The third kappa shape index (κ3) is 5.52. The number of fused-ring (bicyclic) bond motifs is 5. The molecule has 2 aliphatic rings. The van der Waals surface area contributed by atoms with Crippen LogP contribution in [0.4, 0.5) is 0 Å². The minimum absolute atomic E-state index is 0.00604. The average molecular weight is 559 g/mol. The van der Waals surface area contributed by atoms with Crippen molar-refractivity contribution in [2.24, 2.45) is 0 Å². The van der Waals surface area contributed by atoms with Crippen LogP contribution in [-0.2, 0) is 16.1 Å². The Balaban J connectivity index is 1.76. The lowest BCUT2D eigenvalue weighted by molar-refractivity contribution is -0.139. The number of aldehydes is 1. The average Bonchev–Trinajstić information content (AvgIpc) is 3.18. The first kappa shape index (κ1) is 28.9. The van der Waals surface area contributed by atoms with Crippen LogP contribution in [0.25, 0.3) is 28.2 Å². The fourth-order valence-corrected chi connectivity index (χ4v) is 6.56. The van der Waals surface area contributed by atoms with Crippen LogP contribution in [0.2, 0.25) is 0 Å². The predicted molar refractivity (Wildman–Crippen MR) is 163 cm³/mol. The van der Waals surface area contributed by atoms with E-state index in [2.05, 4.69) is 24.5 Å². The summed E-state index contributed by atoms with van der Waals surface area (Å²) in [7, 11) is 3.28. The lowest BCUT2D eigenvalue weighted by Gasteiger charge is -2.35. The number of methoxy groups -OCH3 is 2. The van der Waals surface area contributed by atoms with E-state index in [1.807, 2.05) is 49.1 Å². The van der Waals surface area contributed by atoms with Crippen molar-refractivity contribution >= 4 is 29.2 Å². The molecule has 0 radical (unpaired) electrons. The van der Waals surface area contributed by atoms with Crippen LogP contribution in [-0.4, -0.2) is 61.2 Å². The lowest BCUT2D eigenvalue weighted by atomic mass is 9.89. The van der Waals surface area contributed by atoms with Crippen LogP contribution < -0.4 is 9.47 Å². The molecule has 7 heteroatoms. The molecule has 3 atom stereocenters. The van der Waals surface area contributed by atoms with Crippen LogP contribution in [0.3, 0.4) is 0 Å². The minimum atomic E-state index is -0.0283. The molecule has 1 aromatic heterocycles. The first-order chi connectivity index (χ1) is 19.8. The van der Waals surface area contributed by atoms with Crippen molar-refractivity contribution in [3.63, 3.8) is 0 Å². The molecule has 218 valence electrons. The summed E-state index contributed by atoms with van der Waals surface area (Å²) >= 11 is 0. The summed E-state index contributed by atoms with van der Waals surface area (Å²) < 4.78 is 19.6. The number of unbranched alkanes of at least 4 members (excludes halogenated alkanes) is 2. The summed E-state index contributed by atoms with van der Waals surface area (Å²) in [5.74, 6) is 1.54. The van der Waals surface area contributed by atoms with E-state index in [0.717, 1.165) is 53.3 Å². The smallest absolute Gasteiger partial charge is 0.251 e. The number of benzene rings is 2. The molecule has 1 fully saturated rings. The number of ether oxygens (including phenoxy) is 3. The van der Waals surface area contributed by atoms with Crippen molar-refractivity contribution in [2.75, 3.05) is 27.3 Å². The molecule has 3 unspecified atom stereocenters. The number of nitrogens with zero attached hydrogens (tertiary/aromatic N) is 2. The Morgan fingerprint density at radius 2 is 1.78 bits per heavy atom. The number of rotatable bonds is 9. The highest BCUT2D eigenvalue weighted by Crippen LogP contribution is 2.46. The van der Waals surface area contributed by atoms with E-state index in [1.165, 1.54) is 12.0 Å². The van der Waals surface area contributed by atoms with Crippen molar-refractivity contribution in [3.8, 4) is 22.8 Å². The SMILES string of the molecule is CCCCCC(C)c1c2n(c3cc(C=O)ccc13)CC(C(=O)N1CC(C)OC(C)C1)=Cc1cc(OC)c(OC)cc1-2. The van der Waals surface area contributed by atoms with E-state index in [4.69, 9.17) is 14.2 Å². The monoisotopic (exact) mass is 558 g/mol. The van der Waals surface area contributed by atoms with Gasteiger partial charge in [0.25, 0.3) is 5.91 Å². The standard InChI is InChI=1S/C34H42N2O5/c1-7-8-9-10-21(2)32-27-12-11-24(20-37)13-29(27)36-19-26(34(38)35-17-22(3)41-23(4)18-35)14-25-15-30(39-5)31(40-6)16-28(25)33(32)36/h11-16,20-23H,7-10,17-19H2,1-6H3. The van der Waals surface area contributed by atoms with Crippen LogP contribution in [0.15, 0.2) is 35.9 Å². The van der Waals surface area contributed by atoms with Gasteiger partial charge < -0.3 is 23.7 Å². The summed E-state index contributed by atoms with van der Waals surface area (Å²) in [6, 6.07) is 9.93. The summed E-state index contributed by atoms with van der Waals surface area (Å²) in [4.78, 5) is 27.9. The Morgan fingerprint density at radius 3 is 2.44 bits per heavy atom. The molecule has 0 N–H and O–H groups in total. The van der Waals surface area contributed by atoms with Gasteiger partial charge in [-0.3, -0.25) is 9.59 Å². The van der Waals surface area contributed by atoms with Gasteiger partial charge >= 0.3 is 0 Å². The third-order valence-corrected chi connectivity index (χ3v) is 8.45. The highest BCUT2D eigenvalue weighted by molar-refractivity contribution is 6.03. The second kappa shape index (κ2) is 12.1. The molecule has 3 aromatic rings. The Hall–Kier alpha value is -3.58. The molecular weight excluding hydrogens is 516 g/mol. The summed E-state index contributed by atoms with van der Waals surface area (Å²) in [6.45, 7) is 10.0. The fourth-order valence-electron chi connectivity index (χ4n) is 6.56. The van der Waals surface area contributed by atoms with Gasteiger partial charge in [0.05, 0.1) is 38.7 Å². The molecule has 2 aliphatic heterocycles.